The van der Waals surface area contributed by atoms with E-state index in [9.17, 15) is 14.4 Å². The molecule has 0 saturated carbocycles. The van der Waals surface area contributed by atoms with Crippen LogP contribution in [-0.4, -0.2) is 56.4 Å². The molecule has 0 N–H and O–H groups in total. The van der Waals surface area contributed by atoms with Crippen LogP contribution in [0.5, 0.6) is 11.5 Å². The highest BCUT2D eigenvalue weighted by atomic mass is 16.5. The van der Waals surface area contributed by atoms with E-state index in [0.717, 1.165) is 0 Å². The lowest BCUT2D eigenvalue weighted by molar-refractivity contribution is -0.140. The van der Waals surface area contributed by atoms with E-state index in [0.29, 0.717) is 48.8 Å². The third-order valence-corrected chi connectivity index (χ3v) is 5.40. The molecule has 1 aliphatic rings. The Balaban J connectivity index is 1.94. The van der Waals surface area contributed by atoms with Crippen LogP contribution < -0.4 is 9.47 Å². The number of likely N-dealkylation sites (tertiary alicyclic amines) is 1. The fourth-order valence-electron chi connectivity index (χ4n) is 3.83. The van der Waals surface area contributed by atoms with Crippen molar-refractivity contribution >= 4 is 17.5 Å². The molecule has 1 fully saturated rings. The first-order valence-electron chi connectivity index (χ1n) is 10.4. The lowest BCUT2D eigenvalue weighted by atomic mass is 9.86. The summed E-state index contributed by atoms with van der Waals surface area (Å²) in [6.45, 7) is 4.70. The lowest BCUT2D eigenvalue weighted by Gasteiger charge is -2.27. The maximum absolute atomic E-state index is 13.4. The Morgan fingerprint density at radius 2 is 1.69 bits per heavy atom. The molecule has 2 aromatic rings. The molecule has 2 unspecified atom stereocenters. The molecule has 7 heteroatoms. The number of nitrogens with zero attached hydrogens (tertiary/aromatic N) is 1. The van der Waals surface area contributed by atoms with Gasteiger partial charge in [-0.25, -0.2) is 0 Å². The topological polar surface area (TPSA) is 82.1 Å². The molecule has 3 rings (SSSR count). The molecule has 32 heavy (non-hydrogen) atoms. The number of carbonyl (C=O) groups excluding carboxylic acids is 3. The first-order valence-corrected chi connectivity index (χ1v) is 10.4. The quantitative estimate of drug-likeness (QED) is 0.176. The van der Waals surface area contributed by atoms with E-state index in [-0.39, 0.29) is 0 Å². The molecule has 1 aliphatic heterocycles. The smallest absolute Gasteiger partial charge is 0.291 e. The maximum atomic E-state index is 13.4. The minimum absolute atomic E-state index is 0.313. The molecule has 168 valence electrons. The van der Waals surface area contributed by atoms with Gasteiger partial charge in [-0.15, -0.1) is 0 Å². The molecule has 1 amide bonds. The zero-order valence-electron chi connectivity index (χ0n) is 18.3. The summed E-state index contributed by atoms with van der Waals surface area (Å²) in [5, 5.41) is 0. The van der Waals surface area contributed by atoms with Crippen molar-refractivity contribution in [1.29, 1.82) is 0 Å². The van der Waals surface area contributed by atoms with Crippen LogP contribution in [0.3, 0.4) is 0 Å². The number of carbonyl (C=O) groups is 3. The number of hydrogen-bond donors (Lipinski definition) is 0. The van der Waals surface area contributed by atoms with E-state index in [2.05, 4.69) is 6.58 Å². The molecule has 2 aromatic carbocycles. The molecule has 0 spiro atoms. The molecule has 0 aliphatic carbocycles. The third-order valence-electron chi connectivity index (χ3n) is 5.40. The van der Waals surface area contributed by atoms with Gasteiger partial charge in [0.2, 0.25) is 5.78 Å². The zero-order valence-corrected chi connectivity index (χ0v) is 18.3. The number of benzene rings is 2. The van der Waals surface area contributed by atoms with Gasteiger partial charge in [-0.05, 0) is 48.4 Å². The van der Waals surface area contributed by atoms with E-state index in [1.165, 1.54) is 4.90 Å². The van der Waals surface area contributed by atoms with Gasteiger partial charge >= 0.3 is 0 Å². The number of ketones is 2. The van der Waals surface area contributed by atoms with Crippen LogP contribution in [0.2, 0.25) is 0 Å². The van der Waals surface area contributed by atoms with Gasteiger partial charge in [-0.3, -0.25) is 14.4 Å². The van der Waals surface area contributed by atoms with Gasteiger partial charge in [0, 0.05) is 25.8 Å². The molecule has 7 nitrogen and oxygen atoms in total. The Bertz CT molecular complexity index is 967. The Labute approximate surface area is 187 Å². The lowest BCUT2D eigenvalue weighted by Crippen LogP contribution is -2.32. The Morgan fingerprint density at radius 1 is 1.03 bits per heavy atom. The van der Waals surface area contributed by atoms with Crippen LogP contribution in [0.4, 0.5) is 0 Å². The third kappa shape index (κ3) is 4.89. The summed E-state index contributed by atoms with van der Waals surface area (Å²) >= 11 is 0. The van der Waals surface area contributed by atoms with Crippen LogP contribution >= 0.6 is 0 Å². The standard InChI is InChI=1S/C25H27NO6/c1-4-15-32-20-12-8-18(9-13-20)23(27)21-22(17-6-10-19(31-3)11-7-17)26(14-5-16-30-2)25(29)24(21)28/h4,6-13,21-22H,1,5,14-16H2,2-3H3. The fourth-order valence-corrected chi connectivity index (χ4v) is 3.83. The van der Waals surface area contributed by atoms with Crippen LogP contribution in [0.1, 0.15) is 28.4 Å². The minimum atomic E-state index is -1.13. The Hall–Kier alpha value is -3.45. The van der Waals surface area contributed by atoms with Crippen molar-refractivity contribution in [3.8, 4) is 11.5 Å². The summed E-state index contributed by atoms with van der Waals surface area (Å²) in [6.07, 6.45) is 2.18. The SMILES string of the molecule is C=CCOc1ccc(C(=O)C2C(=O)C(=O)N(CCCOC)C2c2ccc(OC)cc2)cc1. The highest BCUT2D eigenvalue weighted by Gasteiger charge is 2.51. The van der Waals surface area contributed by atoms with Gasteiger partial charge in [0.15, 0.2) is 5.78 Å². The highest BCUT2D eigenvalue weighted by Crippen LogP contribution is 2.39. The van der Waals surface area contributed by atoms with Crippen molar-refractivity contribution in [3.05, 3.63) is 72.3 Å². The monoisotopic (exact) mass is 437 g/mol. The van der Waals surface area contributed by atoms with Gasteiger partial charge in [-0.1, -0.05) is 24.8 Å². The molecule has 0 radical (unpaired) electrons. The molecule has 1 saturated heterocycles. The van der Waals surface area contributed by atoms with Gasteiger partial charge in [0.05, 0.1) is 13.2 Å². The summed E-state index contributed by atoms with van der Waals surface area (Å²) < 4.78 is 15.8. The number of amides is 1. The van der Waals surface area contributed by atoms with Crippen molar-refractivity contribution in [1.82, 2.24) is 4.90 Å². The van der Waals surface area contributed by atoms with Crippen LogP contribution in [0.25, 0.3) is 0 Å². The predicted octanol–water partition coefficient (Wildman–Crippen LogP) is 3.25. The van der Waals surface area contributed by atoms with Crippen LogP contribution in [0, 0.1) is 5.92 Å². The largest absolute Gasteiger partial charge is 0.497 e. The number of rotatable bonds is 11. The molecule has 0 aromatic heterocycles. The normalized spacial score (nSPS) is 18.0. The second-order valence-corrected chi connectivity index (χ2v) is 7.39. The van der Waals surface area contributed by atoms with E-state index >= 15 is 0 Å². The van der Waals surface area contributed by atoms with Gasteiger partial charge < -0.3 is 19.1 Å². The average molecular weight is 437 g/mol. The van der Waals surface area contributed by atoms with E-state index in [1.54, 1.807) is 68.8 Å². The number of hydrogen-bond acceptors (Lipinski definition) is 6. The van der Waals surface area contributed by atoms with Crippen molar-refractivity contribution < 1.29 is 28.6 Å². The molecule has 2 atom stereocenters. The molecule has 1 heterocycles. The minimum Gasteiger partial charge on any atom is -0.497 e. The number of ether oxygens (including phenoxy) is 3. The second kappa shape index (κ2) is 10.7. The van der Waals surface area contributed by atoms with Crippen molar-refractivity contribution in [2.24, 2.45) is 5.92 Å². The Kier molecular flexibility index (Phi) is 7.78. The maximum Gasteiger partial charge on any atom is 0.291 e. The van der Waals surface area contributed by atoms with Crippen LogP contribution in [-0.2, 0) is 14.3 Å². The predicted molar refractivity (Wildman–Crippen MR) is 119 cm³/mol. The molecule has 0 bridgehead atoms. The van der Waals surface area contributed by atoms with E-state index < -0.39 is 29.4 Å². The van der Waals surface area contributed by atoms with E-state index in [1.807, 2.05) is 0 Å². The van der Waals surface area contributed by atoms with Crippen LogP contribution in [0.15, 0.2) is 61.2 Å². The Morgan fingerprint density at radius 3 is 2.28 bits per heavy atom. The number of Topliss-reactive ketones (excluding diaryl/α,β-unsaturated/α-hetero) is 2. The molecular formula is C25H27NO6. The summed E-state index contributed by atoms with van der Waals surface area (Å²) in [7, 11) is 3.14. The second-order valence-electron chi connectivity index (χ2n) is 7.39. The summed E-state index contributed by atoms with van der Waals surface area (Å²) in [5.74, 6) is -1.63. The first kappa shape index (κ1) is 23.2. The fraction of sp³-hybridized carbons (Fsp3) is 0.320. The zero-order chi connectivity index (χ0) is 23.1. The summed E-state index contributed by atoms with van der Waals surface area (Å²) in [6, 6.07) is 12.9. The van der Waals surface area contributed by atoms with Gasteiger partial charge in [-0.2, -0.15) is 0 Å². The van der Waals surface area contributed by atoms with Crippen molar-refractivity contribution in [3.63, 3.8) is 0 Å². The van der Waals surface area contributed by atoms with Gasteiger partial charge in [0.25, 0.3) is 5.91 Å². The number of methoxy groups -OCH3 is 2. The average Bonchev–Trinajstić information content (AvgIpc) is 3.08. The van der Waals surface area contributed by atoms with E-state index in [4.69, 9.17) is 14.2 Å². The first-order chi connectivity index (χ1) is 15.5. The summed E-state index contributed by atoms with van der Waals surface area (Å²) in [5.41, 5.74) is 1.05. The van der Waals surface area contributed by atoms with Gasteiger partial charge in [0.1, 0.15) is 24.0 Å². The van der Waals surface area contributed by atoms with Crippen molar-refractivity contribution in [2.75, 3.05) is 34.0 Å². The molecular weight excluding hydrogens is 410 g/mol. The highest BCUT2D eigenvalue weighted by molar-refractivity contribution is 6.44. The summed E-state index contributed by atoms with van der Waals surface area (Å²) in [4.78, 5) is 40.7. The van der Waals surface area contributed by atoms with Crippen molar-refractivity contribution in [2.45, 2.75) is 12.5 Å².